The Morgan fingerprint density at radius 3 is 1.33 bits per heavy atom. The number of rotatable bonds is 3. The zero-order valence-electron chi connectivity index (χ0n) is 32.7. The van der Waals surface area contributed by atoms with Crippen molar-refractivity contribution in [1.82, 2.24) is 0 Å². The third kappa shape index (κ3) is 3.97. The van der Waals surface area contributed by atoms with E-state index < -0.39 is 5.41 Å². The molecule has 0 aromatic heterocycles. The first kappa shape index (κ1) is 32.2. The van der Waals surface area contributed by atoms with Crippen LogP contribution >= 0.6 is 0 Å². The lowest BCUT2D eigenvalue weighted by atomic mass is 9.70. The molecule has 10 aromatic carbocycles. The van der Waals surface area contributed by atoms with Gasteiger partial charge in [-0.25, -0.2) is 0 Å². The molecule has 0 saturated carbocycles. The van der Waals surface area contributed by atoms with Crippen LogP contribution in [0, 0.1) is 0 Å². The number of hydrogen-bond donors (Lipinski definition) is 0. The van der Waals surface area contributed by atoms with Crippen LogP contribution in [0.2, 0.25) is 0 Å². The minimum absolute atomic E-state index is 0.439. The third-order valence-corrected chi connectivity index (χ3v) is 14.0. The molecule has 4 aliphatic rings. The van der Waals surface area contributed by atoms with E-state index in [1.165, 1.54) is 111 Å². The summed E-state index contributed by atoms with van der Waals surface area (Å²) in [5.74, 6) is 0. The first-order chi connectivity index (χ1) is 29.8. The predicted octanol–water partition coefficient (Wildman–Crippen LogP) is 15.6. The molecule has 0 heterocycles. The van der Waals surface area contributed by atoms with Gasteiger partial charge in [0.15, 0.2) is 0 Å². The van der Waals surface area contributed by atoms with E-state index in [1.54, 1.807) is 0 Å². The Hall–Kier alpha value is -7.74. The van der Waals surface area contributed by atoms with Gasteiger partial charge in [0.25, 0.3) is 0 Å². The number of fused-ring (bicyclic) bond motifs is 15. The molecule has 0 atom stereocenters. The quantitative estimate of drug-likeness (QED) is 0.173. The summed E-state index contributed by atoms with van der Waals surface area (Å²) in [5, 5.41) is 2.44. The fraction of sp³-hybridized carbons (Fsp3) is 0.0169. The Morgan fingerprint density at radius 1 is 0.267 bits per heavy atom. The van der Waals surface area contributed by atoms with E-state index in [-0.39, 0.29) is 0 Å². The Morgan fingerprint density at radius 2 is 0.683 bits per heavy atom. The van der Waals surface area contributed by atoms with Crippen LogP contribution in [0.25, 0.3) is 88.7 Å². The lowest BCUT2D eigenvalue weighted by molar-refractivity contribution is 0.793. The summed E-state index contributed by atoms with van der Waals surface area (Å²) < 4.78 is 0. The predicted molar refractivity (Wildman–Crippen MR) is 249 cm³/mol. The Bertz CT molecular complexity index is 3420. The van der Waals surface area contributed by atoms with Gasteiger partial charge >= 0.3 is 0 Å². The Kier molecular flexibility index (Phi) is 6.28. The van der Waals surface area contributed by atoms with Crippen LogP contribution < -0.4 is 4.90 Å². The molecule has 4 aliphatic carbocycles. The topological polar surface area (TPSA) is 3.24 Å². The molecule has 6 bridgehead atoms. The molecule has 0 unspecified atom stereocenters. The SMILES string of the molecule is c1ccc2c(c1)-c1cccc3c1-c1cc(N(c4ccc5c(c4)C4(c6ccccc6-c6ccccc64)c4ccccc4-5)c4cccc5ccccc45)ccc1-c1cccc-3c1-2. The minimum Gasteiger partial charge on any atom is -0.310 e. The Balaban J connectivity index is 1.07. The van der Waals surface area contributed by atoms with E-state index in [0.717, 1.165) is 17.1 Å². The van der Waals surface area contributed by atoms with Crippen LogP contribution in [-0.2, 0) is 5.41 Å². The van der Waals surface area contributed by atoms with Crippen molar-refractivity contribution in [1.29, 1.82) is 0 Å². The first-order valence-electron chi connectivity index (χ1n) is 21.0. The second kappa shape index (κ2) is 11.7. The number of anilines is 3. The monoisotopic (exact) mass is 757 g/mol. The van der Waals surface area contributed by atoms with Gasteiger partial charge in [-0.05, 0) is 136 Å². The molecule has 60 heavy (non-hydrogen) atoms. The van der Waals surface area contributed by atoms with Crippen molar-refractivity contribution in [3.8, 4) is 77.9 Å². The molecule has 1 spiro atoms. The van der Waals surface area contributed by atoms with E-state index in [9.17, 15) is 0 Å². The largest absolute Gasteiger partial charge is 0.310 e. The molecule has 0 aliphatic heterocycles. The van der Waals surface area contributed by atoms with Crippen molar-refractivity contribution in [2.24, 2.45) is 0 Å². The molecule has 276 valence electrons. The van der Waals surface area contributed by atoms with Gasteiger partial charge in [0, 0.05) is 16.8 Å². The molecule has 0 N–H and O–H groups in total. The van der Waals surface area contributed by atoms with Crippen molar-refractivity contribution in [3.05, 3.63) is 235 Å². The second-order valence-corrected chi connectivity index (χ2v) is 16.7. The maximum Gasteiger partial charge on any atom is 0.0726 e. The summed E-state index contributed by atoms with van der Waals surface area (Å²) in [7, 11) is 0. The highest BCUT2D eigenvalue weighted by Gasteiger charge is 2.51. The molecule has 0 amide bonds. The number of hydrogen-bond acceptors (Lipinski definition) is 1. The highest BCUT2D eigenvalue weighted by atomic mass is 15.1. The number of nitrogens with zero attached hydrogens (tertiary/aromatic N) is 1. The van der Waals surface area contributed by atoms with Crippen LogP contribution in [0.5, 0.6) is 0 Å². The molecule has 0 fully saturated rings. The van der Waals surface area contributed by atoms with Gasteiger partial charge in [-0.3, -0.25) is 0 Å². The summed E-state index contributed by atoms with van der Waals surface area (Å²) in [5.41, 5.74) is 26.6. The van der Waals surface area contributed by atoms with Crippen LogP contribution in [0.1, 0.15) is 22.3 Å². The van der Waals surface area contributed by atoms with Crippen LogP contribution in [-0.4, -0.2) is 0 Å². The van der Waals surface area contributed by atoms with E-state index in [2.05, 4.69) is 217 Å². The maximum absolute atomic E-state index is 2.52. The average molecular weight is 758 g/mol. The molecule has 14 rings (SSSR count). The van der Waals surface area contributed by atoms with Crippen molar-refractivity contribution >= 4 is 27.8 Å². The van der Waals surface area contributed by atoms with E-state index in [1.807, 2.05) is 0 Å². The summed E-state index contributed by atoms with van der Waals surface area (Å²) in [4.78, 5) is 2.52. The highest BCUT2D eigenvalue weighted by molar-refractivity contribution is 6.15. The van der Waals surface area contributed by atoms with E-state index in [4.69, 9.17) is 0 Å². The van der Waals surface area contributed by atoms with Crippen LogP contribution in [0.3, 0.4) is 0 Å². The summed E-state index contributed by atoms with van der Waals surface area (Å²) >= 11 is 0. The van der Waals surface area contributed by atoms with Crippen LogP contribution in [0.15, 0.2) is 212 Å². The third-order valence-electron chi connectivity index (χ3n) is 14.0. The lowest BCUT2D eigenvalue weighted by Gasteiger charge is -2.33. The zero-order valence-corrected chi connectivity index (χ0v) is 32.7. The normalized spacial score (nSPS) is 13.5. The van der Waals surface area contributed by atoms with Crippen molar-refractivity contribution in [3.63, 3.8) is 0 Å². The molecule has 1 nitrogen and oxygen atoms in total. The smallest absolute Gasteiger partial charge is 0.0726 e. The van der Waals surface area contributed by atoms with Crippen molar-refractivity contribution in [2.75, 3.05) is 4.90 Å². The summed E-state index contributed by atoms with van der Waals surface area (Å²) in [6, 6.07) is 80.0. The van der Waals surface area contributed by atoms with Gasteiger partial charge in [-0.2, -0.15) is 0 Å². The van der Waals surface area contributed by atoms with Gasteiger partial charge in [-0.15, -0.1) is 0 Å². The van der Waals surface area contributed by atoms with E-state index >= 15 is 0 Å². The molecular formula is C59H35N. The van der Waals surface area contributed by atoms with Gasteiger partial charge in [0.05, 0.1) is 11.1 Å². The van der Waals surface area contributed by atoms with Crippen LogP contribution in [0.4, 0.5) is 17.1 Å². The van der Waals surface area contributed by atoms with Gasteiger partial charge in [0.2, 0.25) is 0 Å². The molecule has 0 radical (unpaired) electrons. The highest BCUT2D eigenvalue weighted by Crippen LogP contribution is 2.64. The average Bonchev–Trinajstić information content (AvgIpc) is 3.74. The fourth-order valence-electron chi connectivity index (χ4n) is 11.7. The minimum atomic E-state index is -0.439. The molecule has 10 aromatic rings. The second-order valence-electron chi connectivity index (χ2n) is 16.7. The first-order valence-corrected chi connectivity index (χ1v) is 21.0. The van der Waals surface area contributed by atoms with Gasteiger partial charge in [0.1, 0.15) is 0 Å². The molecule has 1 heteroatoms. The summed E-state index contributed by atoms with van der Waals surface area (Å²) in [6.45, 7) is 0. The van der Waals surface area contributed by atoms with Gasteiger partial charge < -0.3 is 4.90 Å². The maximum atomic E-state index is 2.52. The lowest BCUT2D eigenvalue weighted by Crippen LogP contribution is -2.26. The standard InChI is InChI=1S/C59H35N/c1-2-16-39-36(14-1)15-11-29-56(39)60(37-30-32-41-48-23-13-24-49-50-25-12-22-47(58(50)51(41)34-37)40-17-3-4-21-46(40)57(48)49)38-31-33-45-44-20-7-10-28-54(44)59(55(45)35-38)52-26-8-5-18-42(52)43-19-6-9-27-53(43)59/h1-35H. The Labute approximate surface area is 349 Å². The van der Waals surface area contributed by atoms with E-state index in [0.29, 0.717) is 0 Å². The zero-order chi connectivity index (χ0) is 39.1. The number of benzene rings is 10. The summed E-state index contributed by atoms with van der Waals surface area (Å²) in [6.07, 6.45) is 0. The molecular weight excluding hydrogens is 723 g/mol. The fourth-order valence-corrected chi connectivity index (χ4v) is 11.7. The van der Waals surface area contributed by atoms with Crippen molar-refractivity contribution in [2.45, 2.75) is 5.41 Å². The van der Waals surface area contributed by atoms with Gasteiger partial charge in [-0.1, -0.05) is 182 Å². The van der Waals surface area contributed by atoms with Crippen molar-refractivity contribution < 1.29 is 0 Å². The molecule has 0 saturated heterocycles.